The Hall–Kier alpha value is -2.82. The fourth-order valence-electron chi connectivity index (χ4n) is 4.26. The fourth-order valence-corrected chi connectivity index (χ4v) is 4.26. The zero-order valence-corrected chi connectivity index (χ0v) is 16.0. The standard InChI is InChI=1S/C24H23F3N2/c25-24(26,27)21-11-12-22(28-17-21)29-15-13-20(14-16-29)23(18-7-3-1-4-8-18)19-9-5-2-6-10-19/h1-12,17,20,23H,13-16H2. The monoisotopic (exact) mass is 396 g/mol. The van der Waals surface area contributed by atoms with Crippen molar-refractivity contribution in [2.24, 2.45) is 5.92 Å². The van der Waals surface area contributed by atoms with Gasteiger partial charge < -0.3 is 4.90 Å². The molecule has 150 valence electrons. The summed E-state index contributed by atoms with van der Waals surface area (Å²) >= 11 is 0. The number of anilines is 1. The van der Waals surface area contributed by atoms with E-state index in [1.807, 2.05) is 12.1 Å². The van der Waals surface area contributed by atoms with Gasteiger partial charge in [-0.25, -0.2) is 4.98 Å². The molecule has 3 aromatic rings. The first-order valence-electron chi connectivity index (χ1n) is 9.90. The Kier molecular flexibility index (Phi) is 5.56. The molecule has 0 atom stereocenters. The second kappa shape index (κ2) is 8.27. The first kappa shape index (κ1) is 19.5. The molecule has 0 amide bonds. The van der Waals surface area contributed by atoms with E-state index in [2.05, 4.69) is 58.4 Å². The van der Waals surface area contributed by atoms with Gasteiger partial charge in [-0.3, -0.25) is 0 Å². The van der Waals surface area contributed by atoms with E-state index in [1.54, 1.807) is 0 Å². The molecule has 0 radical (unpaired) electrons. The number of nitrogens with zero attached hydrogens (tertiary/aromatic N) is 2. The van der Waals surface area contributed by atoms with Gasteiger partial charge in [0, 0.05) is 25.2 Å². The van der Waals surface area contributed by atoms with Crippen LogP contribution in [0.25, 0.3) is 0 Å². The van der Waals surface area contributed by atoms with Crippen molar-refractivity contribution < 1.29 is 13.2 Å². The van der Waals surface area contributed by atoms with Crippen LogP contribution in [0.4, 0.5) is 19.0 Å². The fraction of sp³-hybridized carbons (Fsp3) is 0.292. The molecule has 1 aromatic heterocycles. The van der Waals surface area contributed by atoms with Gasteiger partial charge in [-0.1, -0.05) is 60.7 Å². The number of benzene rings is 2. The molecule has 5 heteroatoms. The number of piperidine rings is 1. The highest BCUT2D eigenvalue weighted by molar-refractivity contribution is 5.41. The van der Waals surface area contributed by atoms with Crippen LogP contribution in [-0.2, 0) is 6.18 Å². The Morgan fingerprint density at radius 1 is 0.793 bits per heavy atom. The van der Waals surface area contributed by atoms with Gasteiger partial charge in [-0.05, 0) is 42.0 Å². The number of hydrogen-bond donors (Lipinski definition) is 0. The summed E-state index contributed by atoms with van der Waals surface area (Å²) in [5.41, 5.74) is 1.92. The SMILES string of the molecule is FC(F)(F)c1ccc(N2CCC(C(c3ccccc3)c3ccccc3)CC2)nc1. The molecule has 1 aliphatic heterocycles. The van der Waals surface area contributed by atoms with Crippen molar-refractivity contribution in [3.05, 3.63) is 95.7 Å². The Morgan fingerprint density at radius 2 is 1.34 bits per heavy atom. The van der Waals surface area contributed by atoms with Gasteiger partial charge in [0.25, 0.3) is 0 Å². The summed E-state index contributed by atoms with van der Waals surface area (Å²) in [5.74, 6) is 1.41. The number of pyridine rings is 1. The summed E-state index contributed by atoms with van der Waals surface area (Å²) in [6, 6.07) is 23.7. The van der Waals surface area contributed by atoms with Gasteiger partial charge in [-0.2, -0.15) is 13.2 Å². The third-order valence-electron chi connectivity index (χ3n) is 5.73. The minimum absolute atomic E-state index is 0.320. The van der Waals surface area contributed by atoms with E-state index < -0.39 is 11.7 Å². The van der Waals surface area contributed by atoms with Crippen molar-refractivity contribution in [1.29, 1.82) is 0 Å². The Balaban J connectivity index is 1.50. The van der Waals surface area contributed by atoms with E-state index in [0.717, 1.165) is 38.2 Å². The molecule has 0 aliphatic carbocycles. The first-order valence-corrected chi connectivity index (χ1v) is 9.90. The number of aromatic nitrogens is 1. The molecule has 0 spiro atoms. The maximum absolute atomic E-state index is 12.8. The lowest BCUT2D eigenvalue weighted by Crippen LogP contribution is -2.36. The molecule has 0 bridgehead atoms. The predicted octanol–water partition coefficient (Wildman–Crippen LogP) is 6.15. The molecule has 29 heavy (non-hydrogen) atoms. The van der Waals surface area contributed by atoms with E-state index in [4.69, 9.17) is 0 Å². The molecule has 1 aliphatic rings. The zero-order valence-electron chi connectivity index (χ0n) is 16.0. The summed E-state index contributed by atoms with van der Waals surface area (Å²) in [7, 11) is 0. The molecule has 1 fully saturated rings. The summed E-state index contributed by atoms with van der Waals surface area (Å²) < 4.78 is 38.3. The maximum atomic E-state index is 12.8. The van der Waals surface area contributed by atoms with Gasteiger partial charge in [0.1, 0.15) is 5.82 Å². The van der Waals surface area contributed by atoms with E-state index in [-0.39, 0.29) is 0 Å². The highest BCUT2D eigenvalue weighted by Crippen LogP contribution is 2.38. The molecule has 1 saturated heterocycles. The average molecular weight is 396 g/mol. The van der Waals surface area contributed by atoms with Crippen LogP contribution in [0.1, 0.15) is 35.4 Å². The molecule has 2 aromatic carbocycles. The molecule has 2 nitrogen and oxygen atoms in total. The lowest BCUT2D eigenvalue weighted by atomic mass is 9.76. The smallest absolute Gasteiger partial charge is 0.357 e. The number of rotatable bonds is 4. The molecular weight excluding hydrogens is 373 g/mol. The van der Waals surface area contributed by atoms with Crippen molar-refractivity contribution in [3.8, 4) is 0 Å². The molecular formula is C24H23F3N2. The third-order valence-corrected chi connectivity index (χ3v) is 5.73. The van der Waals surface area contributed by atoms with Crippen LogP contribution in [-0.4, -0.2) is 18.1 Å². The second-order valence-electron chi connectivity index (χ2n) is 7.53. The van der Waals surface area contributed by atoms with Crippen LogP contribution in [0.3, 0.4) is 0 Å². The number of halogens is 3. The Morgan fingerprint density at radius 3 is 1.79 bits per heavy atom. The number of alkyl halides is 3. The van der Waals surface area contributed by atoms with Gasteiger partial charge in [-0.15, -0.1) is 0 Å². The molecule has 4 rings (SSSR count). The van der Waals surface area contributed by atoms with E-state index in [1.165, 1.54) is 17.2 Å². The van der Waals surface area contributed by atoms with Crippen molar-refractivity contribution >= 4 is 5.82 Å². The van der Waals surface area contributed by atoms with E-state index >= 15 is 0 Å². The first-order chi connectivity index (χ1) is 14.0. The van der Waals surface area contributed by atoms with Crippen LogP contribution >= 0.6 is 0 Å². The average Bonchev–Trinajstić information content (AvgIpc) is 2.76. The van der Waals surface area contributed by atoms with Crippen LogP contribution in [0.5, 0.6) is 0 Å². The largest absolute Gasteiger partial charge is 0.417 e. The van der Waals surface area contributed by atoms with Gasteiger partial charge in [0.05, 0.1) is 5.56 Å². The molecule has 0 N–H and O–H groups in total. The summed E-state index contributed by atoms with van der Waals surface area (Å²) in [4.78, 5) is 6.15. The molecule has 0 saturated carbocycles. The van der Waals surface area contributed by atoms with Crippen LogP contribution in [0, 0.1) is 5.92 Å². The molecule has 2 heterocycles. The minimum Gasteiger partial charge on any atom is -0.357 e. The van der Waals surface area contributed by atoms with Crippen molar-refractivity contribution in [2.45, 2.75) is 24.9 Å². The third kappa shape index (κ3) is 4.44. The van der Waals surface area contributed by atoms with Gasteiger partial charge in [0.2, 0.25) is 0 Å². The summed E-state index contributed by atoms with van der Waals surface area (Å²) in [6.07, 6.45) is -1.48. The topological polar surface area (TPSA) is 16.1 Å². The van der Waals surface area contributed by atoms with Gasteiger partial charge in [0.15, 0.2) is 0 Å². The van der Waals surface area contributed by atoms with Crippen LogP contribution < -0.4 is 4.90 Å². The highest BCUT2D eigenvalue weighted by Gasteiger charge is 2.32. The van der Waals surface area contributed by atoms with Crippen LogP contribution in [0.15, 0.2) is 79.0 Å². The zero-order chi connectivity index (χ0) is 20.3. The van der Waals surface area contributed by atoms with E-state index in [9.17, 15) is 13.2 Å². The van der Waals surface area contributed by atoms with Crippen molar-refractivity contribution in [3.63, 3.8) is 0 Å². The predicted molar refractivity (Wildman–Crippen MR) is 109 cm³/mol. The normalized spacial score (nSPS) is 15.7. The van der Waals surface area contributed by atoms with Crippen molar-refractivity contribution in [1.82, 2.24) is 4.98 Å². The van der Waals surface area contributed by atoms with E-state index in [0.29, 0.717) is 17.7 Å². The maximum Gasteiger partial charge on any atom is 0.417 e. The lowest BCUT2D eigenvalue weighted by Gasteiger charge is -2.37. The van der Waals surface area contributed by atoms with Crippen molar-refractivity contribution in [2.75, 3.05) is 18.0 Å². The lowest BCUT2D eigenvalue weighted by molar-refractivity contribution is -0.137. The van der Waals surface area contributed by atoms with Gasteiger partial charge >= 0.3 is 6.18 Å². The molecule has 0 unspecified atom stereocenters. The highest BCUT2D eigenvalue weighted by atomic mass is 19.4. The summed E-state index contributed by atoms with van der Waals surface area (Å²) in [5, 5.41) is 0. The number of hydrogen-bond acceptors (Lipinski definition) is 2. The quantitative estimate of drug-likeness (QED) is 0.526. The Labute approximate surface area is 169 Å². The second-order valence-corrected chi connectivity index (χ2v) is 7.53. The minimum atomic E-state index is -4.35. The summed E-state index contributed by atoms with van der Waals surface area (Å²) in [6.45, 7) is 1.58. The Bertz CT molecular complexity index is 861. The van der Waals surface area contributed by atoms with Crippen LogP contribution in [0.2, 0.25) is 0 Å².